The molecule has 0 spiro atoms. The van der Waals surface area contributed by atoms with Crippen molar-refractivity contribution in [1.29, 1.82) is 0 Å². The molecule has 0 aliphatic carbocycles. The van der Waals surface area contributed by atoms with Gasteiger partial charge in [0.1, 0.15) is 0 Å². The molecule has 0 atom stereocenters. The van der Waals surface area contributed by atoms with E-state index >= 15 is 0 Å². The molecule has 7 nitrogen and oxygen atoms in total. The highest BCUT2D eigenvalue weighted by atomic mass is 16.5. The number of methoxy groups -OCH3 is 2. The molecule has 2 N–H and O–H groups in total. The van der Waals surface area contributed by atoms with Crippen molar-refractivity contribution in [3.8, 4) is 23.0 Å². The molecule has 0 fully saturated rings. The minimum atomic E-state index is 0.646. The number of nitrogens with one attached hydrogen (secondary N) is 2. The van der Waals surface area contributed by atoms with E-state index in [0.29, 0.717) is 19.8 Å². The maximum Gasteiger partial charge on any atom is 0.191 e. The standard InChI is InChI=1S/C22H29N3O4/c1-23-22(24-10-9-16-5-7-18(26-2)20(13-16)27-3)25-15-17-6-8-19-21(14-17)29-12-4-11-28-19/h5-8,13-14H,4,9-12,15H2,1-3H3,(H2,23,24,25). The molecule has 0 saturated heterocycles. The Kier molecular flexibility index (Phi) is 7.44. The number of fused-ring (bicyclic) bond motifs is 1. The molecule has 1 aliphatic heterocycles. The molecular formula is C22H29N3O4. The summed E-state index contributed by atoms with van der Waals surface area (Å²) in [6.45, 7) is 2.77. The first-order valence-corrected chi connectivity index (χ1v) is 9.77. The summed E-state index contributed by atoms with van der Waals surface area (Å²) in [6, 6.07) is 12.0. The highest BCUT2D eigenvalue weighted by Crippen LogP contribution is 2.30. The van der Waals surface area contributed by atoms with E-state index < -0.39 is 0 Å². The summed E-state index contributed by atoms with van der Waals surface area (Å²) < 4.78 is 22.1. The van der Waals surface area contributed by atoms with Gasteiger partial charge in [-0.3, -0.25) is 4.99 Å². The van der Waals surface area contributed by atoms with Crippen LogP contribution in [0.2, 0.25) is 0 Å². The Bertz CT molecular complexity index is 839. The molecule has 0 radical (unpaired) electrons. The second kappa shape index (κ2) is 10.5. The molecule has 0 bridgehead atoms. The average Bonchev–Trinajstić information content (AvgIpc) is 3.00. The molecule has 0 amide bonds. The smallest absolute Gasteiger partial charge is 0.191 e. The van der Waals surface area contributed by atoms with Gasteiger partial charge >= 0.3 is 0 Å². The van der Waals surface area contributed by atoms with Crippen LogP contribution in [0.1, 0.15) is 17.5 Å². The van der Waals surface area contributed by atoms with Gasteiger partial charge in [0.25, 0.3) is 0 Å². The van der Waals surface area contributed by atoms with E-state index in [4.69, 9.17) is 18.9 Å². The van der Waals surface area contributed by atoms with Crippen LogP contribution in [0.5, 0.6) is 23.0 Å². The molecule has 2 aromatic rings. The maximum absolute atomic E-state index is 5.75. The fourth-order valence-corrected chi connectivity index (χ4v) is 3.09. The van der Waals surface area contributed by atoms with E-state index in [1.54, 1.807) is 21.3 Å². The Morgan fingerprint density at radius 1 is 0.931 bits per heavy atom. The van der Waals surface area contributed by atoms with E-state index in [2.05, 4.69) is 15.6 Å². The Hall–Kier alpha value is -3.09. The van der Waals surface area contributed by atoms with E-state index in [-0.39, 0.29) is 0 Å². The number of ether oxygens (including phenoxy) is 4. The number of hydrogen-bond acceptors (Lipinski definition) is 5. The SMILES string of the molecule is CN=C(NCCc1ccc(OC)c(OC)c1)NCc1ccc2c(c1)OCCCO2. The normalized spacial score (nSPS) is 13.4. The lowest BCUT2D eigenvalue weighted by Gasteiger charge is -2.14. The fraction of sp³-hybridized carbons (Fsp3) is 0.409. The van der Waals surface area contributed by atoms with E-state index in [1.165, 1.54) is 0 Å². The topological polar surface area (TPSA) is 73.3 Å². The molecule has 0 aromatic heterocycles. The van der Waals surface area contributed by atoms with E-state index in [1.807, 2.05) is 36.4 Å². The van der Waals surface area contributed by atoms with Gasteiger partial charge in [0.2, 0.25) is 0 Å². The lowest BCUT2D eigenvalue weighted by Crippen LogP contribution is -2.37. The summed E-state index contributed by atoms with van der Waals surface area (Å²) >= 11 is 0. The third kappa shape index (κ3) is 5.70. The van der Waals surface area contributed by atoms with Gasteiger partial charge < -0.3 is 29.6 Å². The quantitative estimate of drug-likeness (QED) is 0.551. The van der Waals surface area contributed by atoms with Gasteiger partial charge in [0.05, 0.1) is 27.4 Å². The molecule has 3 rings (SSSR count). The Balaban J connectivity index is 1.49. The first-order chi connectivity index (χ1) is 14.2. The van der Waals surface area contributed by atoms with Crippen LogP contribution in [0, 0.1) is 0 Å². The molecule has 1 heterocycles. The molecule has 2 aromatic carbocycles. The summed E-state index contributed by atoms with van der Waals surface area (Å²) in [5.41, 5.74) is 2.27. The van der Waals surface area contributed by atoms with Crippen LogP contribution in [0.3, 0.4) is 0 Å². The summed E-state index contributed by atoms with van der Waals surface area (Å²) in [5.74, 6) is 3.83. The first-order valence-electron chi connectivity index (χ1n) is 9.77. The average molecular weight is 399 g/mol. The van der Waals surface area contributed by atoms with Crippen LogP contribution in [0.15, 0.2) is 41.4 Å². The predicted octanol–water partition coefficient (Wildman–Crippen LogP) is 2.77. The monoisotopic (exact) mass is 399 g/mol. The number of hydrogen-bond donors (Lipinski definition) is 2. The largest absolute Gasteiger partial charge is 0.493 e. The Labute approximate surface area is 172 Å². The van der Waals surface area contributed by atoms with Crippen LogP contribution in [-0.2, 0) is 13.0 Å². The summed E-state index contributed by atoms with van der Waals surface area (Å²) in [6.07, 6.45) is 1.74. The van der Waals surface area contributed by atoms with Gasteiger partial charge in [-0.15, -0.1) is 0 Å². The molecule has 156 valence electrons. The van der Waals surface area contributed by atoms with Crippen molar-refractivity contribution in [2.75, 3.05) is 41.0 Å². The van der Waals surface area contributed by atoms with Crippen molar-refractivity contribution in [2.24, 2.45) is 4.99 Å². The van der Waals surface area contributed by atoms with Gasteiger partial charge in [-0.25, -0.2) is 0 Å². The Morgan fingerprint density at radius 2 is 1.69 bits per heavy atom. The zero-order valence-electron chi connectivity index (χ0n) is 17.3. The molecule has 0 unspecified atom stereocenters. The first kappa shape index (κ1) is 20.6. The highest BCUT2D eigenvalue weighted by Gasteiger charge is 2.11. The van der Waals surface area contributed by atoms with Crippen molar-refractivity contribution in [3.63, 3.8) is 0 Å². The highest BCUT2D eigenvalue weighted by molar-refractivity contribution is 5.79. The second-order valence-corrected chi connectivity index (χ2v) is 6.62. The van der Waals surface area contributed by atoms with E-state index in [0.717, 1.165) is 59.5 Å². The lowest BCUT2D eigenvalue weighted by atomic mass is 10.1. The van der Waals surface area contributed by atoms with Crippen LogP contribution >= 0.6 is 0 Å². The van der Waals surface area contributed by atoms with Gasteiger partial charge in [-0.05, 0) is 41.8 Å². The summed E-state index contributed by atoms with van der Waals surface area (Å²) in [5, 5.41) is 6.67. The van der Waals surface area contributed by atoms with Crippen molar-refractivity contribution in [1.82, 2.24) is 10.6 Å². The number of aliphatic imine (C=N–C) groups is 1. The van der Waals surface area contributed by atoms with Gasteiger partial charge in [0, 0.05) is 26.6 Å². The number of rotatable bonds is 7. The van der Waals surface area contributed by atoms with Crippen LogP contribution in [0.25, 0.3) is 0 Å². The minimum Gasteiger partial charge on any atom is -0.493 e. The van der Waals surface area contributed by atoms with Crippen molar-refractivity contribution < 1.29 is 18.9 Å². The van der Waals surface area contributed by atoms with Crippen molar-refractivity contribution in [3.05, 3.63) is 47.5 Å². The number of guanidine groups is 1. The van der Waals surface area contributed by atoms with E-state index in [9.17, 15) is 0 Å². The van der Waals surface area contributed by atoms with Crippen LogP contribution in [-0.4, -0.2) is 47.0 Å². The summed E-state index contributed by atoms with van der Waals surface area (Å²) in [7, 11) is 5.04. The zero-order chi connectivity index (χ0) is 20.5. The van der Waals surface area contributed by atoms with Crippen LogP contribution in [0.4, 0.5) is 0 Å². The fourth-order valence-electron chi connectivity index (χ4n) is 3.09. The van der Waals surface area contributed by atoms with Crippen LogP contribution < -0.4 is 29.6 Å². The third-order valence-corrected chi connectivity index (χ3v) is 4.65. The summed E-state index contributed by atoms with van der Waals surface area (Å²) in [4.78, 5) is 4.29. The Morgan fingerprint density at radius 3 is 2.45 bits per heavy atom. The molecule has 0 saturated carbocycles. The predicted molar refractivity (Wildman–Crippen MR) is 114 cm³/mol. The zero-order valence-corrected chi connectivity index (χ0v) is 17.3. The van der Waals surface area contributed by atoms with Gasteiger partial charge in [-0.2, -0.15) is 0 Å². The number of nitrogens with zero attached hydrogens (tertiary/aromatic N) is 1. The number of benzene rings is 2. The second-order valence-electron chi connectivity index (χ2n) is 6.62. The molecule has 1 aliphatic rings. The minimum absolute atomic E-state index is 0.646. The third-order valence-electron chi connectivity index (χ3n) is 4.65. The lowest BCUT2D eigenvalue weighted by molar-refractivity contribution is 0.297. The van der Waals surface area contributed by atoms with Gasteiger partial charge in [-0.1, -0.05) is 12.1 Å². The molecular weight excluding hydrogens is 370 g/mol. The maximum atomic E-state index is 5.75. The molecule has 29 heavy (non-hydrogen) atoms. The van der Waals surface area contributed by atoms with Gasteiger partial charge in [0.15, 0.2) is 29.0 Å². The van der Waals surface area contributed by atoms with Crippen molar-refractivity contribution in [2.45, 2.75) is 19.4 Å². The molecule has 7 heteroatoms. The van der Waals surface area contributed by atoms with Crippen molar-refractivity contribution >= 4 is 5.96 Å².